The molecule has 0 unspecified atom stereocenters. The number of para-hydroxylation sites is 2. The van der Waals surface area contributed by atoms with Crippen LogP contribution in [-0.2, 0) is 4.79 Å². The number of aromatic nitrogens is 2. The topological polar surface area (TPSA) is 112 Å². The van der Waals surface area contributed by atoms with Gasteiger partial charge in [-0.1, -0.05) is 60.3 Å². The first-order valence-electron chi connectivity index (χ1n) is 11.2. The van der Waals surface area contributed by atoms with Crippen LogP contribution < -0.4 is 19.4 Å². The smallest absolute Gasteiger partial charge is 0.307 e. The van der Waals surface area contributed by atoms with Crippen LogP contribution in [-0.4, -0.2) is 35.0 Å². The first kappa shape index (κ1) is 24.0. The van der Waals surface area contributed by atoms with Gasteiger partial charge in [0, 0.05) is 12.1 Å². The van der Waals surface area contributed by atoms with E-state index >= 15 is 0 Å². The number of rotatable bonds is 7. The third kappa shape index (κ3) is 5.00. The number of amidine groups is 1. The molecule has 0 bridgehead atoms. The van der Waals surface area contributed by atoms with Crippen LogP contribution in [0.25, 0.3) is 11.8 Å². The predicted molar refractivity (Wildman–Crippen MR) is 137 cm³/mol. The molecule has 0 fully saturated rings. The summed E-state index contributed by atoms with van der Waals surface area (Å²) in [5.41, 5.74) is 1.91. The molecule has 4 aromatic rings. The van der Waals surface area contributed by atoms with Crippen molar-refractivity contribution in [2.75, 3.05) is 17.8 Å². The van der Waals surface area contributed by atoms with Crippen molar-refractivity contribution < 1.29 is 28.6 Å². The van der Waals surface area contributed by atoms with Gasteiger partial charge in [-0.15, -0.1) is 0 Å². The Morgan fingerprint density at radius 2 is 1.73 bits per heavy atom. The van der Waals surface area contributed by atoms with Gasteiger partial charge in [-0.3, -0.25) is 14.5 Å². The van der Waals surface area contributed by atoms with Crippen molar-refractivity contribution in [2.24, 2.45) is 4.99 Å². The Bertz CT molecular complexity index is 1500. The third-order valence-corrected chi connectivity index (χ3v) is 6.41. The summed E-state index contributed by atoms with van der Waals surface area (Å²) in [6.07, 6.45) is 1.67. The van der Waals surface area contributed by atoms with Gasteiger partial charge >= 0.3 is 5.69 Å². The second kappa shape index (κ2) is 10.5. The zero-order chi connectivity index (χ0) is 25.8. The Balaban J connectivity index is 1.43. The molecule has 0 saturated carbocycles. The summed E-state index contributed by atoms with van der Waals surface area (Å²) in [6.45, 7) is 0. The molecular formula is C27H20N4O5S. The van der Waals surface area contributed by atoms with E-state index in [1.807, 2.05) is 36.4 Å². The largest absolute Gasteiger partial charge is 0.539 e. The minimum Gasteiger partial charge on any atom is -0.539 e. The maximum absolute atomic E-state index is 13.4. The summed E-state index contributed by atoms with van der Waals surface area (Å²) in [5, 5.41) is 16.3. The van der Waals surface area contributed by atoms with Gasteiger partial charge in [-0.05, 0) is 40.6 Å². The first-order chi connectivity index (χ1) is 18.0. The average Bonchev–Trinajstić information content (AvgIpc) is 3.48. The minimum absolute atomic E-state index is 0.158. The van der Waals surface area contributed by atoms with Crippen LogP contribution in [0.1, 0.15) is 16.1 Å². The van der Waals surface area contributed by atoms with Crippen molar-refractivity contribution in [1.29, 1.82) is 0 Å². The number of Topliss-reactive ketones (excluding diaryl/α,β-unsaturated/α-hetero) is 1. The Kier molecular flexibility index (Phi) is 6.82. The van der Waals surface area contributed by atoms with E-state index in [-0.39, 0.29) is 23.1 Å². The van der Waals surface area contributed by atoms with Crippen LogP contribution in [0.4, 0.5) is 5.69 Å². The molecule has 5 rings (SSSR count). The zero-order valence-electron chi connectivity index (χ0n) is 19.6. The van der Waals surface area contributed by atoms with Gasteiger partial charge in [-0.25, -0.2) is 4.99 Å². The van der Waals surface area contributed by atoms with E-state index in [4.69, 9.17) is 9.26 Å². The lowest BCUT2D eigenvalue weighted by atomic mass is 10.2. The van der Waals surface area contributed by atoms with E-state index in [0.29, 0.717) is 22.3 Å². The summed E-state index contributed by atoms with van der Waals surface area (Å²) >= 11 is 1.05. The van der Waals surface area contributed by atoms with Crippen LogP contribution in [0.2, 0.25) is 0 Å². The monoisotopic (exact) mass is 512 g/mol. The molecule has 0 atom stereocenters. The van der Waals surface area contributed by atoms with Gasteiger partial charge in [0.05, 0.1) is 23.8 Å². The fraction of sp³-hybridized carbons (Fsp3) is 0.0741. The van der Waals surface area contributed by atoms with Crippen molar-refractivity contribution in [3.8, 4) is 17.4 Å². The highest BCUT2D eigenvalue weighted by atomic mass is 32.2. The second-order valence-electron chi connectivity index (χ2n) is 7.84. The number of amides is 1. The summed E-state index contributed by atoms with van der Waals surface area (Å²) in [6, 6.07) is 25.0. The molecule has 3 aromatic carbocycles. The molecule has 1 aliphatic rings. The highest BCUT2D eigenvalue weighted by molar-refractivity contribution is 8.14. The number of carbonyl (C=O) groups is 2. The highest BCUT2D eigenvalue weighted by Gasteiger charge is 2.34. The normalized spacial score (nSPS) is 14.2. The van der Waals surface area contributed by atoms with Crippen LogP contribution in [0, 0.1) is 0 Å². The molecule has 37 heavy (non-hydrogen) atoms. The Morgan fingerprint density at radius 1 is 1.05 bits per heavy atom. The van der Waals surface area contributed by atoms with E-state index in [1.165, 1.54) is 9.58 Å². The quantitative estimate of drug-likeness (QED) is 0.212. The van der Waals surface area contributed by atoms with Gasteiger partial charge in [0.15, 0.2) is 11.1 Å². The van der Waals surface area contributed by atoms with Crippen molar-refractivity contribution in [3.05, 3.63) is 102 Å². The Labute approximate surface area is 216 Å². The summed E-state index contributed by atoms with van der Waals surface area (Å²) < 4.78 is 11.1. The molecule has 2 heterocycles. The average molecular weight is 513 g/mol. The van der Waals surface area contributed by atoms with E-state index in [0.717, 1.165) is 17.3 Å². The molecule has 0 spiro atoms. The second-order valence-corrected chi connectivity index (χ2v) is 8.78. The van der Waals surface area contributed by atoms with Crippen LogP contribution >= 0.6 is 11.8 Å². The Hall–Kier alpha value is -4.70. The van der Waals surface area contributed by atoms with Crippen molar-refractivity contribution >= 4 is 40.4 Å². The minimum atomic E-state index is -0.834. The molecule has 9 nitrogen and oxygen atoms in total. The summed E-state index contributed by atoms with van der Waals surface area (Å²) in [4.78, 5) is 32.4. The number of ketones is 1. The predicted octanol–water partition coefficient (Wildman–Crippen LogP) is 3.39. The number of benzene rings is 3. The molecule has 0 N–H and O–H groups in total. The van der Waals surface area contributed by atoms with E-state index in [1.54, 1.807) is 61.7 Å². The van der Waals surface area contributed by atoms with Crippen LogP contribution in [0.15, 0.2) is 100 Å². The molecule has 1 aliphatic heterocycles. The first-order valence-corrected chi connectivity index (χ1v) is 12.2. The number of nitrogens with zero attached hydrogens (tertiary/aromatic N) is 4. The maximum Gasteiger partial charge on any atom is 0.307 e. The van der Waals surface area contributed by atoms with Crippen LogP contribution in [0.3, 0.4) is 0 Å². The van der Waals surface area contributed by atoms with Gasteiger partial charge < -0.3 is 14.4 Å². The lowest BCUT2D eigenvalue weighted by molar-refractivity contribution is -0.672. The van der Waals surface area contributed by atoms with Crippen LogP contribution in [0.5, 0.6) is 11.7 Å². The van der Waals surface area contributed by atoms with E-state index < -0.39 is 11.7 Å². The lowest BCUT2D eigenvalue weighted by Gasteiger charge is -2.17. The van der Waals surface area contributed by atoms with Gasteiger partial charge in [-0.2, -0.15) is 0 Å². The van der Waals surface area contributed by atoms with E-state index in [9.17, 15) is 14.7 Å². The third-order valence-electron chi connectivity index (χ3n) is 5.47. The highest BCUT2D eigenvalue weighted by Crippen LogP contribution is 2.30. The van der Waals surface area contributed by atoms with Crippen molar-refractivity contribution in [1.82, 2.24) is 5.27 Å². The van der Waals surface area contributed by atoms with Gasteiger partial charge in [0.25, 0.3) is 5.91 Å². The molecule has 10 heteroatoms. The summed E-state index contributed by atoms with van der Waals surface area (Å²) in [7, 11) is 1.58. The Morgan fingerprint density at radius 3 is 2.41 bits per heavy atom. The fourth-order valence-corrected chi connectivity index (χ4v) is 4.56. The number of anilines is 1. The van der Waals surface area contributed by atoms with E-state index in [2.05, 4.69) is 10.3 Å². The maximum atomic E-state index is 13.4. The van der Waals surface area contributed by atoms with Crippen molar-refractivity contribution in [3.63, 3.8) is 0 Å². The van der Waals surface area contributed by atoms with Gasteiger partial charge in [0.2, 0.25) is 11.5 Å². The number of hydrogen-bond acceptors (Lipinski definition) is 8. The fourth-order valence-electron chi connectivity index (χ4n) is 3.68. The van der Waals surface area contributed by atoms with Gasteiger partial charge in [0.1, 0.15) is 11.4 Å². The molecule has 1 aromatic heterocycles. The molecule has 0 radical (unpaired) electrons. The molecule has 0 aliphatic carbocycles. The standard InChI is InChI=1S/C27H20N4O5S/c1-35-21-14-12-18(13-15-21)16-22-25(33)30(19-8-4-2-5-9-19)27(28-22)37-17-23(32)24-26(34)36-29-31(24)20-10-6-3-7-11-20/h2-16H,17H2,1H3/b22-16+. The summed E-state index contributed by atoms with van der Waals surface area (Å²) in [5.74, 6) is -1.13. The number of methoxy groups -OCH3 is 1. The van der Waals surface area contributed by atoms with Crippen molar-refractivity contribution in [2.45, 2.75) is 0 Å². The molecular weight excluding hydrogens is 492 g/mol. The zero-order valence-corrected chi connectivity index (χ0v) is 20.4. The molecule has 0 saturated heterocycles. The SMILES string of the molecule is COc1ccc(/C=C2/N=C(SCC(=O)c3c([O-])on[n+]3-c3ccccc3)N(c3ccccc3)C2=O)cc1. The lowest BCUT2D eigenvalue weighted by Crippen LogP contribution is -2.39. The number of ether oxygens (including phenoxy) is 1. The number of hydrogen-bond donors (Lipinski definition) is 0. The number of thioether (sulfide) groups is 1. The molecule has 1 amide bonds. The number of aliphatic imine (C=N–C) groups is 1. The molecule has 184 valence electrons. The number of carbonyl (C=O) groups excluding carboxylic acids is 2.